The van der Waals surface area contributed by atoms with Crippen LogP contribution in [0, 0.1) is 0 Å². The first-order valence-corrected chi connectivity index (χ1v) is 6.33. The molecule has 0 unspecified atom stereocenters. The summed E-state index contributed by atoms with van der Waals surface area (Å²) in [5.74, 6) is 0.792. The van der Waals surface area contributed by atoms with Crippen LogP contribution in [0.1, 0.15) is 14.9 Å². The van der Waals surface area contributed by atoms with E-state index in [0.717, 1.165) is 5.75 Å². The molecule has 0 radical (unpaired) electrons. The van der Waals surface area contributed by atoms with Crippen molar-refractivity contribution in [2.75, 3.05) is 38.6 Å². The first-order valence-electron chi connectivity index (χ1n) is 4.33. The van der Waals surface area contributed by atoms with Crippen LogP contribution in [0.4, 0.5) is 0 Å². The molecule has 10 heteroatoms. The van der Waals surface area contributed by atoms with Crippen molar-refractivity contribution in [2.24, 2.45) is 17.2 Å². The van der Waals surface area contributed by atoms with E-state index in [0.29, 0.717) is 13.1 Å². The van der Waals surface area contributed by atoms with Crippen LogP contribution in [-0.2, 0) is 14.6 Å². The molecule has 0 aliphatic rings. The first-order chi connectivity index (χ1) is 7.39. The molecule has 18 heavy (non-hydrogen) atoms. The van der Waals surface area contributed by atoms with E-state index < -0.39 is 10.4 Å². The predicted molar refractivity (Wildman–Crippen MR) is 79.1 cm³/mol. The molecule has 0 aromatic heterocycles. The summed E-state index contributed by atoms with van der Waals surface area (Å²) >= 11 is 3.80. The van der Waals surface area contributed by atoms with Crippen molar-refractivity contribution in [1.29, 1.82) is 0 Å². The number of thiol groups is 1. The zero-order chi connectivity index (χ0) is 13.4. The zero-order valence-electron chi connectivity index (χ0n) is 8.95. The van der Waals surface area contributed by atoms with E-state index in [4.69, 9.17) is 26.9 Å². The Balaban J connectivity index is -0.0000000489. The molecule has 8 N–H and O–H groups in total. The lowest BCUT2D eigenvalue weighted by molar-refractivity contribution is 0.276. The van der Waals surface area contributed by atoms with E-state index in [1.54, 1.807) is 0 Å². The second-order valence-electron chi connectivity index (χ2n) is 2.06. The lowest BCUT2D eigenvalue weighted by Crippen LogP contribution is -2.12. The normalized spacial score (nSPS) is 8.56. The highest BCUT2D eigenvalue weighted by atomic mass is 32.3. The molecule has 0 aromatic rings. The van der Waals surface area contributed by atoms with Crippen LogP contribution in [0.15, 0.2) is 0 Å². The standard InChI is InChI=1S/C2H7NO4S.C2H7NO.C2H7NS.2CH4/c3-1-2-7-8(4,5)6;2*3-1-2-4;;/h1-3H2,(H,4,5,6);2*4H,1-3H2;2*1H4. The second-order valence-corrected chi connectivity index (χ2v) is 3.60. The molecule has 0 saturated heterocycles. The van der Waals surface area contributed by atoms with Gasteiger partial charge in [0.25, 0.3) is 0 Å². The molecule has 0 aromatic carbocycles. The predicted octanol–water partition coefficient (Wildman–Crippen LogP) is -1.15. The maximum Gasteiger partial charge on any atom is 0.397 e. The average Bonchev–Trinajstić information content (AvgIpc) is 2.26. The lowest BCUT2D eigenvalue weighted by Gasteiger charge is -1.92. The van der Waals surface area contributed by atoms with Gasteiger partial charge in [-0.3, -0.25) is 4.55 Å². The van der Waals surface area contributed by atoms with Gasteiger partial charge in [0.1, 0.15) is 0 Å². The lowest BCUT2D eigenvalue weighted by atomic mass is 10.8. The first kappa shape index (κ1) is 30.8. The third kappa shape index (κ3) is 73.1. The second kappa shape index (κ2) is 25.8. The van der Waals surface area contributed by atoms with Crippen LogP contribution in [0.5, 0.6) is 0 Å². The third-order valence-corrected chi connectivity index (χ3v) is 1.33. The van der Waals surface area contributed by atoms with Gasteiger partial charge >= 0.3 is 10.4 Å². The molecule has 0 atom stereocenters. The maximum absolute atomic E-state index is 9.67. The molecule has 118 valence electrons. The van der Waals surface area contributed by atoms with Gasteiger partial charge in [0, 0.05) is 25.4 Å². The molecule has 0 bridgehead atoms. The smallest absolute Gasteiger partial charge is 0.395 e. The molecular formula is C8H29N3O5S2. The van der Waals surface area contributed by atoms with Gasteiger partial charge in [-0.15, -0.1) is 0 Å². The van der Waals surface area contributed by atoms with Crippen LogP contribution >= 0.6 is 12.6 Å². The summed E-state index contributed by atoms with van der Waals surface area (Å²) in [6, 6.07) is 0. The molecule has 0 aliphatic heterocycles. The fourth-order valence-corrected chi connectivity index (χ4v) is 0.460. The number of hydrogen-bond donors (Lipinski definition) is 6. The van der Waals surface area contributed by atoms with Crippen molar-refractivity contribution in [3.05, 3.63) is 0 Å². The SMILES string of the molecule is C.C.NCCO.NCCOS(=O)(=O)O.NCCS. The summed E-state index contributed by atoms with van der Waals surface area (Å²) < 4.78 is 31.0. The van der Waals surface area contributed by atoms with Crippen molar-refractivity contribution in [3.8, 4) is 0 Å². The fraction of sp³-hybridized carbons (Fsp3) is 1.00. The van der Waals surface area contributed by atoms with Gasteiger partial charge in [-0.05, 0) is 0 Å². The number of nitrogens with two attached hydrogens (primary N) is 3. The van der Waals surface area contributed by atoms with Crippen molar-refractivity contribution in [2.45, 2.75) is 14.9 Å². The van der Waals surface area contributed by atoms with E-state index in [-0.39, 0.29) is 34.6 Å². The van der Waals surface area contributed by atoms with Crippen molar-refractivity contribution >= 4 is 23.0 Å². The van der Waals surface area contributed by atoms with Gasteiger partial charge in [0.15, 0.2) is 0 Å². The van der Waals surface area contributed by atoms with Gasteiger partial charge in [0.05, 0.1) is 13.2 Å². The highest BCUT2D eigenvalue weighted by molar-refractivity contribution is 7.80. The van der Waals surface area contributed by atoms with Gasteiger partial charge in [0.2, 0.25) is 0 Å². The van der Waals surface area contributed by atoms with Gasteiger partial charge < -0.3 is 22.3 Å². The monoisotopic (exact) mass is 311 g/mol. The molecule has 8 nitrogen and oxygen atoms in total. The van der Waals surface area contributed by atoms with Crippen LogP contribution in [0.25, 0.3) is 0 Å². The molecule has 0 amide bonds. The Morgan fingerprint density at radius 3 is 1.44 bits per heavy atom. The number of rotatable bonds is 5. The molecule has 0 heterocycles. The number of aliphatic hydroxyl groups excluding tert-OH is 1. The number of hydrogen-bond acceptors (Lipinski definition) is 8. The fourth-order valence-electron chi connectivity index (χ4n) is 0.153. The molecule has 0 fully saturated rings. The quantitative estimate of drug-likeness (QED) is 0.274. The summed E-state index contributed by atoms with van der Waals surface area (Å²) in [6.45, 7) is 1.04. The van der Waals surface area contributed by atoms with Crippen LogP contribution in [0.3, 0.4) is 0 Å². The highest BCUT2D eigenvalue weighted by Gasteiger charge is 2.00. The zero-order valence-corrected chi connectivity index (χ0v) is 10.7. The van der Waals surface area contributed by atoms with Crippen LogP contribution in [-0.4, -0.2) is 56.7 Å². The molecule has 0 saturated carbocycles. The van der Waals surface area contributed by atoms with Gasteiger partial charge in [-0.25, -0.2) is 4.18 Å². The van der Waals surface area contributed by atoms with Gasteiger partial charge in [-0.1, -0.05) is 14.9 Å². The van der Waals surface area contributed by atoms with Crippen LogP contribution in [0.2, 0.25) is 0 Å². The Labute approximate surface area is 116 Å². The van der Waals surface area contributed by atoms with E-state index in [1.165, 1.54) is 0 Å². The Bertz CT molecular complexity index is 195. The van der Waals surface area contributed by atoms with E-state index in [1.807, 2.05) is 0 Å². The van der Waals surface area contributed by atoms with E-state index in [9.17, 15) is 8.42 Å². The van der Waals surface area contributed by atoms with E-state index in [2.05, 4.69) is 16.8 Å². The summed E-state index contributed by atoms with van der Waals surface area (Å²) in [4.78, 5) is 0. The minimum absolute atomic E-state index is 0. The number of aliphatic hydroxyl groups is 1. The maximum atomic E-state index is 9.67. The molecular weight excluding hydrogens is 282 g/mol. The average molecular weight is 311 g/mol. The van der Waals surface area contributed by atoms with Crippen molar-refractivity contribution in [3.63, 3.8) is 0 Å². The largest absolute Gasteiger partial charge is 0.397 e. The van der Waals surface area contributed by atoms with Crippen molar-refractivity contribution < 1.29 is 22.3 Å². The Hall–Kier alpha value is 0.0600. The highest BCUT2D eigenvalue weighted by Crippen LogP contribution is 1.81. The molecule has 0 rings (SSSR count). The minimum atomic E-state index is -4.27. The molecule has 0 spiro atoms. The third-order valence-electron chi connectivity index (χ3n) is 0.608. The summed E-state index contributed by atoms with van der Waals surface area (Å²) in [5, 5.41) is 7.75. The van der Waals surface area contributed by atoms with Crippen molar-refractivity contribution in [1.82, 2.24) is 0 Å². The minimum Gasteiger partial charge on any atom is -0.395 e. The van der Waals surface area contributed by atoms with E-state index >= 15 is 0 Å². The Kier molecular flexibility index (Phi) is 44.2. The van der Waals surface area contributed by atoms with Gasteiger partial charge in [-0.2, -0.15) is 21.0 Å². The summed E-state index contributed by atoms with van der Waals surface area (Å²) in [5.41, 5.74) is 14.6. The topological polar surface area (TPSA) is 162 Å². The van der Waals surface area contributed by atoms with Crippen LogP contribution < -0.4 is 17.2 Å². The summed E-state index contributed by atoms with van der Waals surface area (Å²) in [7, 11) is -4.27. The Morgan fingerprint density at radius 2 is 1.39 bits per heavy atom. The Morgan fingerprint density at radius 1 is 1.06 bits per heavy atom. The molecule has 0 aliphatic carbocycles. The summed E-state index contributed by atoms with van der Waals surface area (Å²) in [6.07, 6.45) is 0.